The van der Waals surface area contributed by atoms with E-state index >= 15 is 0 Å². The Labute approximate surface area is 81.3 Å². The van der Waals surface area contributed by atoms with Gasteiger partial charge in [-0.1, -0.05) is 0 Å². The van der Waals surface area contributed by atoms with Gasteiger partial charge in [0.1, 0.15) is 0 Å². The summed E-state index contributed by atoms with van der Waals surface area (Å²) in [5, 5.41) is 0. The summed E-state index contributed by atoms with van der Waals surface area (Å²) in [4.78, 5) is 24.2. The van der Waals surface area contributed by atoms with Crippen LogP contribution in [0, 0.1) is 6.92 Å². The SMILES string of the molecule is Cc1cc(C(=O)N=C=O)sc1Br. The molecule has 62 valence electrons. The van der Waals surface area contributed by atoms with Crippen LogP contribution in [-0.4, -0.2) is 12.0 Å². The second-order valence-electron chi connectivity index (χ2n) is 2.08. The largest absolute Gasteiger partial charge is 0.297 e. The second-order valence-corrected chi connectivity index (χ2v) is 4.45. The second kappa shape index (κ2) is 3.76. The van der Waals surface area contributed by atoms with Crippen LogP contribution in [0.25, 0.3) is 0 Å². The van der Waals surface area contributed by atoms with E-state index in [-0.39, 0.29) is 0 Å². The average Bonchev–Trinajstić information content (AvgIpc) is 2.33. The molecule has 0 unspecified atom stereocenters. The Hall–Kier alpha value is -0.770. The number of aliphatic imine (C=N–C) groups is 1. The molecule has 0 aliphatic carbocycles. The van der Waals surface area contributed by atoms with Crippen LogP contribution in [0.2, 0.25) is 0 Å². The number of halogens is 1. The van der Waals surface area contributed by atoms with Crippen molar-refractivity contribution >= 4 is 39.3 Å². The summed E-state index contributed by atoms with van der Waals surface area (Å²) in [6.07, 6.45) is 1.21. The van der Waals surface area contributed by atoms with Crippen molar-refractivity contribution in [3.63, 3.8) is 0 Å². The van der Waals surface area contributed by atoms with Gasteiger partial charge in [0.2, 0.25) is 6.08 Å². The van der Waals surface area contributed by atoms with Gasteiger partial charge >= 0.3 is 0 Å². The summed E-state index contributed by atoms with van der Waals surface area (Å²) < 4.78 is 0.881. The topological polar surface area (TPSA) is 46.5 Å². The molecule has 0 aliphatic rings. The fourth-order valence-electron chi connectivity index (χ4n) is 0.662. The Morgan fingerprint density at radius 2 is 2.42 bits per heavy atom. The van der Waals surface area contributed by atoms with Gasteiger partial charge in [0.15, 0.2) is 0 Å². The molecule has 0 atom stereocenters. The zero-order chi connectivity index (χ0) is 9.14. The van der Waals surface area contributed by atoms with E-state index in [2.05, 4.69) is 20.9 Å². The standard InChI is InChI=1S/C7H4BrNO2S/c1-4-2-5(12-6(4)8)7(11)9-3-10/h2H,1H3. The molecule has 3 nitrogen and oxygen atoms in total. The molecule has 0 N–H and O–H groups in total. The Balaban J connectivity index is 3.04. The zero-order valence-electron chi connectivity index (χ0n) is 6.13. The first-order valence-corrected chi connectivity index (χ1v) is 4.64. The number of rotatable bonds is 1. The lowest BCUT2D eigenvalue weighted by Crippen LogP contribution is -1.88. The van der Waals surface area contributed by atoms with E-state index in [0.717, 1.165) is 9.35 Å². The van der Waals surface area contributed by atoms with Crippen LogP contribution in [-0.2, 0) is 4.79 Å². The lowest BCUT2D eigenvalue weighted by molar-refractivity contribution is 0.101. The van der Waals surface area contributed by atoms with E-state index in [1.807, 2.05) is 6.92 Å². The fourth-order valence-corrected chi connectivity index (χ4v) is 2.08. The number of isocyanates is 1. The van der Waals surface area contributed by atoms with E-state index in [1.54, 1.807) is 6.07 Å². The normalized spacial score (nSPS) is 9.17. The number of thiophene rings is 1. The van der Waals surface area contributed by atoms with Crippen LogP contribution in [0.1, 0.15) is 15.2 Å². The summed E-state index contributed by atoms with van der Waals surface area (Å²) in [6, 6.07) is 1.68. The average molecular weight is 246 g/mol. The van der Waals surface area contributed by atoms with Gasteiger partial charge in [0.25, 0.3) is 5.91 Å². The molecule has 0 spiro atoms. The van der Waals surface area contributed by atoms with Crippen molar-refractivity contribution in [3.05, 3.63) is 20.3 Å². The summed E-state index contributed by atoms with van der Waals surface area (Å²) >= 11 is 4.52. The molecule has 0 aliphatic heterocycles. The molecule has 0 bridgehead atoms. The van der Waals surface area contributed by atoms with Crippen LogP contribution in [0.15, 0.2) is 14.8 Å². The molecule has 1 aromatic rings. The molecule has 0 saturated heterocycles. The number of carbonyl (C=O) groups is 1. The molecule has 12 heavy (non-hydrogen) atoms. The quantitative estimate of drug-likeness (QED) is 0.563. The Kier molecular flexibility index (Phi) is 2.92. The number of amides is 1. The van der Waals surface area contributed by atoms with Crippen LogP contribution < -0.4 is 0 Å². The molecular formula is C7H4BrNO2S. The molecule has 0 radical (unpaired) electrons. The smallest absolute Gasteiger partial charge is 0.265 e. The Morgan fingerprint density at radius 1 is 1.75 bits per heavy atom. The molecule has 1 aromatic heterocycles. The van der Waals surface area contributed by atoms with Crippen molar-refractivity contribution in [2.24, 2.45) is 4.99 Å². The number of hydrogen-bond donors (Lipinski definition) is 0. The highest BCUT2D eigenvalue weighted by Crippen LogP contribution is 2.27. The van der Waals surface area contributed by atoms with E-state index in [1.165, 1.54) is 17.4 Å². The van der Waals surface area contributed by atoms with Crippen molar-refractivity contribution in [3.8, 4) is 0 Å². The van der Waals surface area contributed by atoms with Gasteiger partial charge in [-0.05, 0) is 34.5 Å². The van der Waals surface area contributed by atoms with E-state index < -0.39 is 5.91 Å². The zero-order valence-corrected chi connectivity index (χ0v) is 8.53. The van der Waals surface area contributed by atoms with Crippen molar-refractivity contribution in [1.82, 2.24) is 0 Å². The summed E-state index contributed by atoms with van der Waals surface area (Å²) in [5.41, 5.74) is 0.962. The van der Waals surface area contributed by atoms with Gasteiger partial charge in [-0.25, -0.2) is 4.79 Å². The van der Waals surface area contributed by atoms with Crippen LogP contribution in [0.4, 0.5) is 0 Å². The van der Waals surface area contributed by atoms with Crippen molar-refractivity contribution < 1.29 is 9.59 Å². The summed E-state index contributed by atoms with van der Waals surface area (Å²) in [6.45, 7) is 1.86. The van der Waals surface area contributed by atoms with Crippen LogP contribution >= 0.6 is 27.3 Å². The molecule has 5 heteroatoms. The first kappa shape index (κ1) is 9.32. The highest BCUT2D eigenvalue weighted by atomic mass is 79.9. The van der Waals surface area contributed by atoms with Crippen molar-refractivity contribution in [2.45, 2.75) is 6.92 Å². The maximum Gasteiger partial charge on any atom is 0.297 e. The van der Waals surface area contributed by atoms with E-state index in [9.17, 15) is 9.59 Å². The number of hydrogen-bond acceptors (Lipinski definition) is 3. The maximum atomic E-state index is 11.0. The van der Waals surface area contributed by atoms with Gasteiger partial charge in [-0.2, -0.15) is 0 Å². The lowest BCUT2D eigenvalue weighted by atomic mass is 10.3. The van der Waals surface area contributed by atoms with Crippen LogP contribution in [0.5, 0.6) is 0 Å². The third-order valence-electron chi connectivity index (χ3n) is 1.22. The first-order valence-electron chi connectivity index (χ1n) is 3.03. The third-order valence-corrected chi connectivity index (χ3v) is 3.34. The van der Waals surface area contributed by atoms with Gasteiger partial charge in [-0.3, -0.25) is 4.79 Å². The Morgan fingerprint density at radius 3 is 2.83 bits per heavy atom. The monoisotopic (exact) mass is 245 g/mol. The minimum Gasteiger partial charge on any atom is -0.265 e. The molecule has 1 amide bonds. The van der Waals surface area contributed by atoms with Gasteiger partial charge < -0.3 is 0 Å². The minimum absolute atomic E-state index is 0.447. The number of aryl methyl sites for hydroxylation is 1. The minimum atomic E-state index is -0.538. The molecule has 1 rings (SSSR count). The highest BCUT2D eigenvalue weighted by molar-refractivity contribution is 9.11. The summed E-state index contributed by atoms with van der Waals surface area (Å²) in [5.74, 6) is -0.538. The number of carbonyl (C=O) groups excluding carboxylic acids is 2. The predicted octanol–water partition coefficient (Wildman–Crippen LogP) is 2.30. The summed E-state index contributed by atoms with van der Waals surface area (Å²) in [7, 11) is 0. The Bertz CT molecular complexity index is 346. The van der Waals surface area contributed by atoms with E-state index in [4.69, 9.17) is 0 Å². The predicted molar refractivity (Wildman–Crippen MR) is 49.2 cm³/mol. The molecule has 1 heterocycles. The number of nitrogens with zero attached hydrogens (tertiary/aromatic N) is 1. The maximum absolute atomic E-state index is 11.0. The third kappa shape index (κ3) is 1.88. The van der Waals surface area contributed by atoms with Crippen molar-refractivity contribution in [1.29, 1.82) is 0 Å². The van der Waals surface area contributed by atoms with E-state index in [0.29, 0.717) is 4.88 Å². The highest BCUT2D eigenvalue weighted by Gasteiger charge is 2.09. The molecular weight excluding hydrogens is 242 g/mol. The first-order chi connectivity index (χ1) is 5.65. The fraction of sp³-hybridized carbons (Fsp3) is 0.143. The van der Waals surface area contributed by atoms with Crippen LogP contribution in [0.3, 0.4) is 0 Å². The van der Waals surface area contributed by atoms with Gasteiger partial charge in [0.05, 0.1) is 8.66 Å². The molecule has 0 saturated carbocycles. The van der Waals surface area contributed by atoms with Gasteiger partial charge in [0, 0.05) is 0 Å². The lowest BCUT2D eigenvalue weighted by Gasteiger charge is -1.80. The molecule has 0 aromatic carbocycles. The van der Waals surface area contributed by atoms with Gasteiger partial charge in [-0.15, -0.1) is 16.3 Å². The van der Waals surface area contributed by atoms with Crippen molar-refractivity contribution in [2.75, 3.05) is 0 Å². The molecule has 0 fully saturated rings.